The van der Waals surface area contributed by atoms with E-state index in [4.69, 9.17) is 0 Å². The van der Waals surface area contributed by atoms with E-state index in [1.165, 1.54) is 0 Å². The third kappa shape index (κ3) is 2.22. The Morgan fingerprint density at radius 2 is 2.60 bits per heavy atom. The van der Waals surface area contributed by atoms with Crippen LogP contribution in [0, 0.1) is 11.8 Å². The van der Waals surface area contributed by atoms with Crippen molar-refractivity contribution in [3.8, 4) is 11.8 Å². The fourth-order valence-corrected chi connectivity index (χ4v) is 1.16. The zero-order valence-electron chi connectivity index (χ0n) is 5.85. The van der Waals surface area contributed by atoms with Crippen LogP contribution in [-0.2, 0) is 0 Å². The smallest absolute Gasteiger partial charge is 0.0577 e. The molecule has 0 bridgehead atoms. The van der Waals surface area contributed by atoms with Crippen LogP contribution in [0.2, 0.25) is 0 Å². The van der Waals surface area contributed by atoms with Gasteiger partial charge in [0.2, 0.25) is 0 Å². The summed E-state index contributed by atoms with van der Waals surface area (Å²) in [5.74, 6) is 6.01. The first-order valence-corrected chi connectivity index (χ1v) is 4.03. The molecule has 1 rings (SSSR count). The van der Waals surface area contributed by atoms with Crippen molar-refractivity contribution in [1.82, 2.24) is 5.32 Å². The maximum absolute atomic E-state index is 3.02. The molecule has 0 spiro atoms. The monoisotopic (exact) mass is 151 g/mol. The fraction of sp³-hybridized carbons (Fsp3) is 0.250. The molecule has 52 valence electrons. The number of rotatable bonds is 1. The van der Waals surface area contributed by atoms with Gasteiger partial charge in [0.15, 0.2) is 0 Å². The highest BCUT2D eigenvalue weighted by Gasteiger charge is 1.81. The zero-order valence-corrected chi connectivity index (χ0v) is 6.66. The van der Waals surface area contributed by atoms with Gasteiger partial charge < -0.3 is 5.32 Å². The quantitative estimate of drug-likeness (QED) is 0.597. The van der Waals surface area contributed by atoms with Crippen molar-refractivity contribution in [2.75, 3.05) is 13.6 Å². The van der Waals surface area contributed by atoms with E-state index in [1.807, 2.05) is 23.9 Å². The van der Waals surface area contributed by atoms with Crippen LogP contribution in [0.5, 0.6) is 0 Å². The van der Waals surface area contributed by atoms with E-state index in [-0.39, 0.29) is 0 Å². The molecular weight excluding hydrogens is 142 g/mol. The van der Waals surface area contributed by atoms with Gasteiger partial charge in [-0.05, 0) is 18.5 Å². The summed E-state index contributed by atoms with van der Waals surface area (Å²) in [6.07, 6.45) is 0. The molecule has 0 aliphatic carbocycles. The Morgan fingerprint density at radius 1 is 1.70 bits per heavy atom. The van der Waals surface area contributed by atoms with Gasteiger partial charge in [-0.15, -0.1) is 0 Å². The maximum atomic E-state index is 3.02. The summed E-state index contributed by atoms with van der Waals surface area (Å²) in [6, 6.07) is 2.02. The summed E-state index contributed by atoms with van der Waals surface area (Å²) in [4.78, 5) is 0. The van der Waals surface area contributed by atoms with E-state index in [1.54, 1.807) is 11.3 Å². The van der Waals surface area contributed by atoms with Crippen LogP contribution >= 0.6 is 11.3 Å². The van der Waals surface area contributed by atoms with Crippen LogP contribution in [0.1, 0.15) is 5.56 Å². The minimum Gasteiger partial charge on any atom is -0.309 e. The minimum absolute atomic E-state index is 0.760. The van der Waals surface area contributed by atoms with Crippen molar-refractivity contribution in [2.24, 2.45) is 0 Å². The Kier molecular flexibility index (Phi) is 3.01. The van der Waals surface area contributed by atoms with E-state index in [9.17, 15) is 0 Å². The molecule has 0 aliphatic rings. The summed E-state index contributed by atoms with van der Waals surface area (Å²) in [7, 11) is 1.89. The van der Waals surface area contributed by atoms with Crippen LogP contribution in [0.4, 0.5) is 0 Å². The van der Waals surface area contributed by atoms with Crippen LogP contribution < -0.4 is 5.32 Å². The maximum Gasteiger partial charge on any atom is 0.0577 e. The minimum atomic E-state index is 0.760. The topological polar surface area (TPSA) is 12.0 Å². The Balaban J connectivity index is 2.49. The van der Waals surface area contributed by atoms with Gasteiger partial charge in [-0.1, -0.05) is 11.8 Å². The molecule has 1 heterocycles. The molecule has 0 radical (unpaired) electrons. The van der Waals surface area contributed by atoms with Crippen molar-refractivity contribution in [3.63, 3.8) is 0 Å². The van der Waals surface area contributed by atoms with Gasteiger partial charge in [0.25, 0.3) is 0 Å². The summed E-state index contributed by atoms with van der Waals surface area (Å²) >= 11 is 1.67. The van der Waals surface area contributed by atoms with Crippen molar-refractivity contribution in [1.29, 1.82) is 0 Å². The van der Waals surface area contributed by atoms with Crippen LogP contribution in [0.15, 0.2) is 16.8 Å². The Morgan fingerprint density at radius 3 is 3.20 bits per heavy atom. The lowest BCUT2D eigenvalue weighted by Gasteiger charge is -1.81. The van der Waals surface area contributed by atoms with Crippen LogP contribution in [0.25, 0.3) is 0 Å². The van der Waals surface area contributed by atoms with E-state index in [0.29, 0.717) is 0 Å². The number of nitrogens with one attached hydrogen (secondary N) is 1. The summed E-state index contributed by atoms with van der Waals surface area (Å²) in [5, 5.41) is 7.04. The van der Waals surface area contributed by atoms with Gasteiger partial charge >= 0.3 is 0 Å². The Bertz CT molecular complexity index is 228. The van der Waals surface area contributed by atoms with Crippen LogP contribution in [0.3, 0.4) is 0 Å². The average molecular weight is 151 g/mol. The Labute approximate surface area is 65.1 Å². The molecular formula is C8H9NS. The second-order valence-corrected chi connectivity index (χ2v) is 2.62. The molecule has 10 heavy (non-hydrogen) atoms. The van der Waals surface area contributed by atoms with Gasteiger partial charge in [0.05, 0.1) is 6.54 Å². The molecule has 1 aromatic rings. The zero-order chi connectivity index (χ0) is 7.23. The van der Waals surface area contributed by atoms with Crippen molar-refractivity contribution in [2.45, 2.75) is 0 Å². The van der Waals surface area contributed by atoms with Crippen molar-refractivity contribution >= 4 is 11.3 Å². The van der Waals surface area contributed by atoms with Gasteiger partial charge in [0, 0.05) is 10.9 Å². The lowest BCUT2D eigenvalue weighted by Crippen LogP contribution is -2.04. The molecule has 0 aliphatic heterocycles. The van der Waals surface area contributed by atoms with E-state index in [0.717, 1.165) is 12.1 Å². The molecule has 0 amide bonds. The highest BCUT2D eigenvalue weighted by Crippen LogP contribution is 2.02. The molecule has 1 N–H and O–H groups in total. The van der Waals surface area contributed by atoms with Crippen molar-refractivity contribution < 1.29 is 0 Å². The molecule has 2 heteroatoms. The third-order valence-electron chi connectivity index (χ3n) is 1.02. The second-order valence-electron chi connectivity index (χ2n) is 1.84. The van der Waals surface area contributed by atoms with Crippen LogP contribution in [-0.4, -0.2) is 13.6 Å². The first kappa shape index (κ1) is 7.33. The van der Waals surface area contributed by atoms with Gasteiger partial charge in [-0.25, -0.2) is 0 Å². The SMILES string of the molecule is CNCC#Cc1ccsc1. The standard InChI is InChI=1S/C8H9NS/c1-9-5-2-3-8-4-6-10-7-8/h4,6-7,9H,5H2,1H3. The summed E-state index contributed by atoms with van der Waals surface area (Å²) in [5.41, 5.74) is 1.11. The largest absolute Gasteiger partial charge is 0.309 e. The van der Waals surface area contributed by atoms with E-state index < -0.39 is 0 Å². The lowest BCUT2D eigenvalue weighted by atomic mass is 10.3. The van der Waals surface area contributed by atoms with Crippen molar-refractivity contribution in [3.05, 3.63) is 22.4 Å². The van der Waals surface area contributed by atoms with Gasteiger partial charge in [0.1, 0.15) is 0 Å². The Hall–Kier alpha value is -0.780. The average Bonchev–Trinajstić information content (AvgIpc) is 2.41. The number of thiophene rings is 1. The summed E-state index contributed by atoms with van der Waals surface area (Å²) in [6.45, 7) is 0.760. The normalized spacial score (nSPS) is 8.50. The molecule has 1 aromatic heterocycles. The first-order chi connectivity index (χ1) is 4.93. The fourth-order valence-electron chi connectivity index (χ4n) is 0.570. The molecule has 0 aromatic carbocycles. The molecule has 1 nitrogen and oxygen atoms in total. The highest BCUT2D eigenvalue weighted by atomic mass is 32.1. The molecule has 0 unspecified atom stereocenters. The molecule has 0 saturated carbocycles. The third-order valence-corrected chi connectivity index (χ3v) is 1.70. The van der Waals surface area contributed by atoms with Gasteiger partial charge in [-0.2, -0.15) is 11.3 Å². The number of hydrogen-bond acceptors (Lipinski definition) is 2. The van der Waals surface area contributed by atoms with Gasteiger partial charge in [-0.3, -0.25) is 0 Å². The predicted octanol–water partition coefficient (Wildman–Crippen LogP) is 1.32. The predicted molar refractivity (Wildman–Crippen MR) is 45.1 cm³/mol. The van der Waals surface area contributed by atoms with E-state index >= 15 is 0 Å². The first-order valence-electron chi connectivity index (χ1n) is 3.09. The second kappa shape index (κ2) is 4.10. The molecule has 0 atom stereocenters. The highest BCUT2D eigenvalue weighted by molar-refractivity contribution is 7.08. The molecule has 0 saturated heterocycles. The lowest BCUT2D eigenvalue weighted by molar-refractivity contribution is 0.938. The molecule has 0 fully saturated rings. The number of hydrogen-bond donors (Lipinski definition) is 1. The van der Waals surface area contributed by atoms with E-state index in [2.05, 4.69) is 17.2 Å². The summed E-state index contributed by atoms with van der Waals surface area (Å²) < 4.78 is 0.